The number of pyridine rings is 1. The van der Waals surface area contributed by atoms with E-state index in [9.17, 15) is 9.59 Å². The molecule has 2 heterocycles. The van der Waals surface area contributed by atoms with Gasteiger partial charge in [-0.2, -0.15) is 0 Å². The lowest BCUT2D eigenvalue weighted by molar-refractivity contribution is -0.127. The first-order valence-corrected chi connectivity index (χ1v) is 10.9. The van der Waals surface area contributed by atoms with Crippen molar-refractivity contribution in [1.82, 2.24) is 15.2 Å². The van der Waals surface area contributed by atoms with Gasteiger partial charge in [0.1, 0.15) is 18.0 Å². The molecule has 0 saturated carbocycles. The van der Waals surface area contributed by atoms with Crippen molar-refractivity contribution >= 4 is 18.1 Å². The Kier molecular flexibility index (Phi) is 7.87. The predicted molar refractivity (Wildman–Crippen MR) is 123 cm³/mol. The van der Waals surface area contributed by atoms with E-state index in [-0.39, 0.29) is 11.9 Å². The Hall–Kier alpha value is -3.35. The quantitative estimate of drug-likeness (QED) is 0.686. The zero-order chi connectivity index (χ0) is 23.0. The van der Waals surface area contributed by atoms with E-state index in [0.29, 0.717) is 32.5 Å². The highest BCUT2D eigenvalue weighted by Gasteiger charge is 2.24. The normalized spacial score (nSPS) is 14.9. The molecule has 1 N–H and O–H groups in total. The number of piperidine rings is 1. The van der Waals surface area contributed by atoms with Crippen LogP contribution in [-0.2, 0) is 16.1 Å². The van der Waals surface area contributed by atoms with Gasteiger partial charge in [-0.1, -0.05) is 18.2 Å². The summed E-state index contributed by atoms with van der Waals surface area (Å²) in [7, 11) is 0. The number of alkyl carbamates (subject to hydrolysis) is 1. The Morgan fingerprint density at radius 1 is 1.12 bits per heavy atom. The molecule has 1 aromatic carbocycles. The van der Waals surface area contributed by atoms with E-state index in [1.54, 1.807) is 23.2 Å². The van der Waals surface area contributed by atoms with E-state index in [0.717, 1.165) is 17.0 Å². The largest absolute Gasteiger partial charge is 0.487 e. The van der Waals surface area contributed by atoms with E-state index < -0.39 is 11.7 Å². The van der Waals surface area contributed by atoms with Crippen LogP contribution in [0.5, 0.6) is 5.75 Å². The number of hydrogen-bond donors (Lipinski definition) is 1. The lowest BCUT2D eigenvalue weighted by Gasteiger charge is -2.32. The molecule has 0 spiro atoms. The second-order valence-electron chi connectivity index (χ2n) is 8.76. The molecule has 2 aromatic rings. The molecule has 32 heavy (non-hydrogen) atoms. The zero-order valence-electron chi connectivity index (χ0n) is 18.9. The minimum atomic E-state index is -0.519. The van der Waals surface area contributed by atoms with Crippen molar-refractivity contribution in [3.05, 3.63) is 66.0 Å². The standard InChI is InChI=1S/C25H31N3O4/c1-25(2,3)32-24(30)27-20-13-16-28(17-14-20)23(29)12-9-19-7-10-22(11-8-19)31-18-21-6-4-5-15-26-21/h4-12,15,20H,13-14,16-18H2,1-3H3,(H,27,30)/b12-9+. The average Bonchev–Trinajstić information content (AvgIpc) is 2.76. The highest BCUT2D eigenvalue weighted by atomic mass is 16.6. The van der Waals surface area contributed by atoms with Crippen molar-refractivity contribution in [2.75, 3.05) is 13.1 Å². The molecule has 7 heteroatoms. The van der Waals surface area contributed by atoms with Crippen LogP contribution in [0.4, 0.5) is 4.79 Å². The number of aromatic nitrogens is 1. The van der Waals surface area contributed by atoms with Crippen molar-refractivity contribution in [1.29, 1.82) is 0 Å². The van der Waals surface area contributed by atoms with Crippen molar-refractivity contribution in [3.63, 3.8) is 0 Å². The molecule has 0 aliphatic carbocycles. The van der Waals surface area contributed by atoms with E-state index in [4.69, 9.17) is 9.47 Å². The molecule has 0 bridgehead atoms. The number of benzene rings is 1. The number of rotatable bonds is 6. The van der Waals surface area contributed by atoms with Gasteiger partial charge >= 0.3 is 6.09 Å². The molecule has 1 aliphatic heterocycles. The Balaban J connectivity index is 1.42. The number of carbonyl (C=O) groups is 2. The maximum Gasteiger partial charge on any atom is 0.407 e. The lowest BCUT2D eigenvalue weighted by atomic mass is 10.1. The molecule has 1 saturated heterocycles. The summed E-state index contributed by atoms with van der Waals surface area (Å²) in [6, 6.07) is 13.3. The van der Waals surface area contributed by atoms with E-state index in [2.05, 4.69) is 10.3 Å². The van der Waals surface area contributed by atoms with Crippen LogP contribution in [0.15, 0.2) is 54.7 Å². The Bertz CT molecular complexity index is 912. The molecule has 0 unspecified atom stereocenters. The van der Waals surface area contributed by atoms with Crippen LogP contribution in [0.1, 0.15) is 44.9 Å². The molecular weight excluding hydrogens is 406 g/mol. The summed E-state index contributed by atoms with van der Waals surface area (Å²) in [6.45, 7) is 7.12. The van der Waals surface area contributed by atoms with E-state index >= 15 is 0 Å². The molecular formula is C25H31N3O4. The van der Waals surface area contributed by atoms with Gasteiger partial charge in [0.2, 0.25) is 5.91 Å². The molecule has 2 amide bonds. The highest BCUT2D eigenvalue weighted by Crippen LogP contribution is 2.16. The minimum absolute atomic E-state index is 0.0245. The second kappa shape index (κ2) is 10.8. The van der Waals surface area contributed by atoms with Crippen LogP contribution in [0.25, 0.3) is 6.08 Å². The molecule has 1 aliphatic rings. The van der Waals surface area contributed by atoms with Gasteiger partial charge in [0.05, 0.1) is 5.69 Å². The molecule has 170 valence electrons. The number of hydrogen-bond acceptors (Lipinski definition) is 5. The van der Waals surface area contributed by atoms with E-state index in [1.165, 1.54) is 0 Å². The van der Waals surface area contributed by atoms with Crippen molar-refractivity contribution < 1.29 is 19.1 Å². The van der Waals surface area contributed by atoms with Crippen molar-refractivity contribution in [3.8, 4) is 5.75 Å². The Morgan fingerprint density at radius 3 is 2.47 bits per heavy atom. The monoisotopic (exact) mass is 437 g/mol. The SMILES string of the molecule is CC(C)(C)OC(=O)NC1CCN(C(=O)/C=C/c2ccc(OCc3ccccn3)cc2)CC1. The third kappa shape index (κ3) is 7.72. The third-order valence-corrected chi connectivity index (χ3v) is 4.94. The average molecular weight is 438 g/mol. The van der Waals surface area contributed by atoms with E-state index in [1.807, 2.05) is 63.2 Å². The number of ether oxygens (including phenoxy) is 2. The van der Waals surface area contributed by atoms with Gasteiger partial charge in [-0.3, -0.25) is 9.78 Å². The molecule has 7 nitrogen and oxygen atoms in total. The van der Waals surface area contributed by atoms with Crippen molar-refractivity contribution in [2.45, 2.75) is 51.9 Å². The fourth-order valence-corrected chi connectivity index (χ4v) is 3.31. The maximum atomic E-state index is 12.5. The Morgan fingerprint density at radius 2 is 1.84 bits per heavy atom. The van der Waals surface area contributed by atoms with Gasteiger partial charge in [0.15, 0.2) is 0 Å². The predicted octanol–water partition coefficient (Wildman–Crippen LogP) is 4.19. The van der Waals surface area contributed by atoms with Crippen LogP contribution < -0.4 is 10.1 Å². The first kappa shape index (κ1) is 23.3. The minimum Gasteiger partial charge on any atom is -0.487 e. The third-order valence-electron chi connectivity index (χ3n) is 4.94. The summed E-state index contributed by atoms with van der Waals surface area (Å²) in [5.74, 6) is 0.717. The fraction of sp³-hybridized carbons (Fsp3) is 0.400. The number of amides is 2. The van der Waals surface area contributed by atoms with Gasteiger partial charge in [0.25, 0.3) is 0 Å². The molecule has 0 atom stereocenters. The van der Waals surface area contributed by atoms with Gasteiger partial charge in [0, 0.05) is 31.4 Å². The summed E-state index contributed by atoms with van der Waals surface area (Å²) in [5, 5.41) is 2.89. The zero-order valence-corrected chi connectivity index (χ0v) is 18.9. The molecule has 1 fully saturated rings. The van der Waals surface area contributed by atoms with Crippen LogP contribution >= 0.6 is 0 Å². The summed E-state index contributed by atoms with van der Waals surface area (Å²) in [4.78, 5) is 30.4. The second-order valence-corrected chi connectivity index (χ2v) is 8.76. The first-order chi connectivity index (χ1) is 15.3. The van der Waals surface area contributed by atoms with Crippen LogP contribution in [0, 0.1) is 0 Å². The van der Waals surface area contributed by atoms with Crippen LogP contribution in [-0.4, -0.2) is 46.6 Å². The van der Waals surface area contributed by atoms with Gasteiger partial charge in [-0.15, -0.1) is 0 Å². The van der Waals surface area contributed by atoms with Crippen LogP contribution in [0.2, 0.25) is 0 Å². The summed E-state index contributed by atoms with van der Waals surface area (Å²) >= 11 is 0. The van der Waals surface area contributed by atoms with Gasteiger partial charge < -0.3 is 19.7 Å². The van der Waals surface area contributed by atoms with Gasteiger partial charge in [-0.25, -0.2) is 4.79 Å². The fourth-order valence-electron chi connectivity index (χ4n) is 3.31. The maximum absolute atomic E-state index is 12.5. The van der Waals surface area contributed by atoms with Gasteiger partial charge in [-0.05, 0) is 69.5 Å². The summed E-state index contributed by atoms with van der Waals surface area (Å²) in [6.07, 6.45) is 6.14. The van der Waals surface area contributed by atoms with Crippen molar-refractivity contribution in [2.24, 2.45) is 0 Å². The lowest BCUT2D eigenvalue weighted by Crippen LogP contribution is -2.47. The number of likely N-dealkylation sites (tertiary alicyclic amines) is 1. The molecule has 3 rings (SSSR count). The number of nitrogens with one attached hydrogen (secondary N) is 1. The van der Waals surface area contributed by atoms with Crippen LogP contribution in [0.3, 0.4) is 0 Å². The highest BCUT2D eigenvalue weighted by molar-refractivity contribution is 5.91. The Labute approximate surface area is 189 Å². The molecule has 1 aromatic heterocycles. The number of carbonyl (C=O) groups excluding carboxylic acids is 2. The number of nitrogens with zero attached hydrogens (tertiary/aromatic N) is 2. The summed E-state index contributed by atoms with van der Waals surface area (Å²) < 4.78 is 11.0. The first-order valence-electron chi connectivity index (χ1n) is 10.9. The molecule has 0 radical (unpaired) electrons. The smallest absolute Gasteiger partial charge is 0.407 e. The topological polar surface area (TPSA) is 80.8 Å². The summed E-state index contributed by atoms with van der Waals surface area (Å²) in [5.41, 5.74) is 1.27.